The monoisotopic (exact) mass is 416 g/mol. The maximum atomic E-state index is 12.7. The summed E-state index contributed by atoms with van der Waals surface area (Å²) >= 11 is 5.95. The van der Waals surface area contributed by atoms with Gasteiger partial charge in [0.1, 0.15) is 45.0 Å². The molecule has 4 N–H and O–H groups in total. The number of phenolic OH excluding ortho intramolecular Hbond substituents is 1. The quantitative estimate of drug-likeness (QED) is 0.445. The number of halogens is 1. The number of quaternary nitrogens is 2. The molecule has 2 heterocycles. The lowest BCUT2D eigenvalue weighted by Crippen LogP contribution is -3.27. The first-order chi connectivity index (χ1) is 14.0. The summed E-state index contributed by atoms with van der Waals surface area (Å²) in [5, 5.41) is 21.0. The highest BCUT2D eigenvalue weighted by Crippen LogP contribution is 2.29. The van der Waals surface area contributed by atoms with Gasteiger partial charge >= 0.3 is 5.63 Å². The van der Waals surface area contributed by atoms with Gasteiger partial charge in [0, 0.05) is 10.4 Å². The summed E-state index contributed by atoms with van der Waals surface area (Å²) in [5.41, 5.74) is 1.90. The Morgan fingerprint density at radius 2 is 1.69 bits per heavy atom. The van der Waals surface area contributed by atoms with Crippen molar-refractivity contribution in [3.8, 4) is 16.9 Å². The molecule has 0 spiro atoms. The lowest BCUT2D eigenvalue weighted by atomic mass is 10.0. The van der Waals surface area contributed by atoms with Gasteiger partial charge in [0.25, 0.3) is 0 Å². The van der Waals surface area contributed by atoms with Crippen LogP contribution in [0, 0.1) is 0 Å². The van der Waals surface area contributed by atoms with E-state index >= 15 is 0 Å². The third kappa shape index (κ3) is 4.31. The number of benzene rings is 2. The zero-order valence-electron chi connectivity index (χ0n) is 16.1. The van der Waals surface area contributed by atoms with E-state index in [0.717, 1.165) is 43.7 Å². The van der Waals surface area contributed by atoms with Crippen LogP contribution in [0.1, 0.15) is 5.56 Å². The molecular formula is C22H25ClN2O4+2. The molecule has 29 heavy (non-hydrogen) atoms. The highest BCUT2D eigenvalue weighted by molar-refractivity contribution is 6.30. The predicted octanol–water partition coefficient (Wildman–Crippen LogP) is 0.0947. The van der Waals surface area contributed by atoms with Crippen LogP contribution in [0.5, 0.6) is 5.75 Å². The van der Waals surface area contributed by atoms with Gasteiger partial charge in [-0.25, -0.2) is 4.79 Å². The number of phenols is 1. The Labute approximate surface area is 173 Å². The summed E-state index contributed by atoms with van der Waals surface area (Å²) in [5.74, 6) is 0.150. The zero-order chi connectivity index (χ0) is 20.4. The molecule has 1 aliphatic heterocycles. The van der Waals surface area contributed by atoms with Crippen molar-refractivity contribution in [2.45, 2.75) is 6.54 Å². The van der Waals surface area contributed by atoms with Crippen LogP contribution < -0.4 is 15.4 Å². The van der Waals surface area contributed by atoms with Gasteiger partial charge in [0.05, 0.1) is 17.7 Å². The maximum absolute atomic E-state index is 12.7. The minimum absolute atomic E-state index is 0.150. The predicted molar refractivity (Wildman–Crippen MR) is 112 cm³/mol. The number of hydrogen-bond acceptors (Lipinski definition) is 4. The summed E-state index contributed by atoms with van der Waals surface area (Å²) in [7, 11) is 0. The van der Waals surface area contributed by atoms with Crippen LogP contribution in [0.25, 0.3) is 22.1 Å². The molecule has 152 valence electrons. The van der Waals surface area contributed by atoms with Crippen LogP contribution >= 0.6 is 11.6 Å². The van der Waals surface area contributed by atoms with Crippen molar-refractivity contribution in [3.63, 3.8) is 0 Å². The molecule has 0 atom stereocenters. The maximum Gasteiger partial charge on any atom is 0.344 e. The average molecular weight is 417 g/mol. The molecule has 1 fully saturated rings. The number of piperazine rings is 1. The Balaban J connectivity index is 1.65. The van der Waals surface area contributed by atoms with E-state index in [1.807, 2.05) is 6.07 Å². The summed E-state index contributed by atoms with van der Waals surface area (Å²) in [6.07, 6.45) is 0. The van der Waals surface area contributed by atoms with E-state index in [1.165, 1.54) is 9.80 Å². The van der Waals surface area contributed by atoms with Crippen molar-refractivity contribution in [2.75, 3.05) is 39.3 Å². The SMILES string of the molecule is O=c1oc2c(C[NH+]3CC[NH+](CCO)CC3)c(O)ccc2cc1-c1ccc(Cl)cc1. The zero-order valence-corrected chi connectivity index (χ0v) is 16.8. The number of aromatic hydroxyl groups is 1. The van der Waals surface area contributed by atoms with Crippen molar-refractivity contribution in [1.82, 2.24) is 0 Å². The van der Waals surface area contributed by atoms with Crippen LogP contribution in [-0.2, 0) is 6.54 Å². The molecule has 0 saturated carbocycles. The Bertz CT molecular complexity index is 1060. The van der Waals surface area contributed by atoms with Gasteiger partial charge in [0.2, 0.25) is 0 Å². The third-order valence-electron chi connectivity index (χ3n) is 5.69. The minimum Gasteiger partial charge on any atom is -0.507 e. The molecule has 7 heteroatoms. The summed E-state index contributed by atoms with van der Waals surface area (Å²) < 4.78 is 5.69. The molecule has 1 saturated heterocycles. The normalized spacial score (nSPS) is 19.5. The van der Waals surface area contributed by atoms with Gasteiger partial charge in [-0.2, -0.15) is 0 Å². The first kappa shape index (κ1) is 19.9. The molecule has 0 amide bonds. The van der Waals surface area contributed by atoms with Crippen LogP contribution in [0.4, 0.5) is 0 Å². The number of fused-ring (bicyclic) bond motifs is 1. The Morgan fingerprint density at radius 3 is 2.38 bits per heavy atom. The Morgan fingerprint density at radius 1 is 1.00 bits per heavy atom. The topological polar surface area (TPSA) is 79.5 Å². The second kappa shape index (κ2) is 8.55. The first-order valence-electron chi connectivity index (χ1n) is 9.88. The number of rotatable bonds is 5. The van der Waals surface area contributed by atoms with Crippen LogP contribution in [0.3, 0.4) is 0 Å². The van der Waals surface area contributed by atoms with Gasteiger partial charge in [-0.3, -0.25) is 0 Å². The van der Waals surface area contributed by atoms with Gasteiger partial charge in [-0.15, -0.1) is 0 Å². The molecule has 2 aromatic carbocycles. The second-order valence-electron chi connectivity index (χ2n) is 7.59. The van der Waals surface area contributed by atoms with E-state index in [9.17, 15) is 9.90 Å². The third-order valence-corrected chi connectivity index (χ3v) is 5.94. The lowest BCUT2D eigenvalue weighted by molar-refractivity contribution is -1.02. The molecule has 0 radical (unpaired) electrons. The lowest BCUT2D eigenvalue weighted by Gasteiger charge is -2.29. The van der Waals surface area contributed by atoms with Crippen LogP contribution in [0.2, 0.25) is 5.02 Å². The molecular weight excluding hydrogens is 392 g/mol. The van der Waals surface area contributed by atoms with Crippen molar-refractivity contribution >= 4 is 22.6 Å². The van der Waals surface area contributed by atoms with E-state index < -0.39 is 5.63 Å². The Hall–Kier alpha value is -2.38. The second-order valence-corrected chi connectivity index (χ2v) is 8.02. The van der Waals surface area contributed by atoms with Gasteiger partial charge in [0.15, 0.2) is 5.58 Å². The highest BCUT2D eigenvalue weighted by Gasteiger charge is 2.25. The van der Waals surface area contributed by atoms with Gasteiger partial charge in [-0.1, -0.05) is 23.7 Å². The van der Waals surface area contributed by atoms with E-state index in [-0.39, 0.29) is 12.4 Å². The Kier molecular flexibility index (Phi) is 5.87. The van der Waals surface area contributed by atoms with Crippen molar-refractivity contribution in [3.05, 3.63) is 63.5 Å². The molecule has 1 aliphatic rings. The molecule has 6 nitrogen and oxygen atoms in total. The summed E-state index contributed by atoms with van der Waals surface area (Å²) in [4.78, 5) is 15.4. The number of aliphatic hydroxyl groups excluding tert-OH is 1. The largest absolute Gasteiger partial charge is 0.507 e. The van der Waals surface area contributed by atoms with Gasteiger partial charge in [-0.05, 0) is 35.9 Å². The molecule has 0 aliphatic carbocycles. The fourth-order valence-corrected chi connectivity index (χ4v) is 4.15. The van der Waals surface area contributed by atoms with Crippen molar-refractivity contribution < 1.29 is 24.4 Å². The van der Waals surface area contributed by atoms with E-state index in [0.29, 0.717) is 28.3 Å². The number of aliphatic hydroxyl groups is 1. The highest BCUT2D eigenvalue weighted by atomic mass is 35.5. The van der Waals surface area contributed by atoms with E-state index in [4.69, 9.17) is 21.1 Å². The summed E-state index contributed by atoms with van der Waals surface area (Å²) in [6, 6.07) is 12.3. The molecule has 1 aromatic heterocycles. The molecule has 4 rings (SSSR count). The minimum atomic E-state index is -0.432. The summed E-state index contributed by atoms with van der Waals surface area (Å²) in [6.45, 7) is 5.42. The standard InChI is InChI=1S/C22H23ClN2O4/c23-17-4-1-15(2-5-17)18-13-16-3-6-20(27)19(21(16)29-22(18)28)14-25-9-7-24(8-10-25)11-12-26/h1-6,13,26-27H,7-12,14H2/p+2. The smallest absolute Gasteiger partial charge is 0.344 e. The first-order valence-corrected chi connectivity index (χ1v) is 10.3. The molecule has 0 unspecified atom stereocenters. The molecule has 0 bridgehead atoms. The average Bonchev–Trinajstić information content (AvgIpc) is 2.72. The van der Waals surface area contributed by atoms with Crippen LogP contribution in [-0.4, -0.2) is 49.5 Å². The van der Waals surface area contributed by atoms with Gasteiger partial charge < -0.3 is 24.4 Å². The van der Waals surface area contributed by atoms with E-state index in [1.54, 1.807) is 36.4 Å². The van der Waals surface area contributed by atoms with Crippen LogP contribution in [0.15, 0.2) is 51.7 Å². The number of hydrogen-bond donors (Lipinski definition) is 4. The fourth-order valence-electron chi connectivity index (χ4n) is 4.03. The molecule has 3 aromatic rings. The van der Waals surface area contributed by atoms with Crippen molar-refractivity contribution in [1.29, 1.82) is 0 Å². The van der Waals surface area contributed by atoms with Crippen molar-refractivity contribution in [2.24, 2.45) is 0 Å². The fraction of sp³-hybridized carbons (Fsp3) is 0.318. The number of nitrogens with one attached hydrogen (secondary N) is 2. The van der Waals surface area contributed by atoms with E-state index in [2.05, 4.69) is 0 Å².